The molecule has 0 aliphatic rings. The van der Waals surface area contributed by atoms with Crippen LogP contribution in [0.5, 0.6) is 5.75 Å². The van der Waals surface area contributed by atoms with Crippen molar-refractivity contribution in [1.29, 1.82) is 0 Å². The van der Waals surface area contributed by atoms with E-state index in [1.165, 1.54) is 16.7 Å². The number of carbonyl (C=O) groups is 2. The lowest BCUT2D eigenvalue weighted by molar-refractivity contribution is -0.139. The monoisotopic (exact) mass is 598 g/mol. The Kier molecular flexibility index (Phi) is 9.49. The van der Waals surface area contributed by atoms with Crippen LogP contribution >= 0.6 is 23.2 Å². The molecule has 0 aliphatic heterocycles. The second-order valence-electron chi connectivity index (χ2n) is 9.19. The highest BCUT2D eigenvalue weighted by Crippen LogP contribution is 2.24. The first-order valence-corrected chi connectivity index (χ1v) is 13.5. The third-order valence-corrected chi connectivity index (χ3v) is 7.10. The number of carboxylic acid groups (broad SMARTS) is 1. The highest BCUT2D eigenvalue weighted by Gasteiger charge is 2.24. The van der Waals surface area contributed by atoms with Crippen molar-refractivity contribution in [1.82, 2.24) is 19.8 Å². The van der Waals surface area contributed by atoms with Crippen molar-refractivity contribution < 1.29 is 19.4 Å². The lowest BCUT2D eigenvalue weighted by Crippen LogP contribution is -2.42. The number of nitrogens with one attached hydrogen (secondary N) is 2. The zero-order valence-electron chi connectivity index (χ0n) is 22.3. The molecule has 0 fully saturated rings. The van der Waals surface area contributed by atoms with Gasteiger partial charge in [-0.25, -0.2) is 14.2 Å². The molecular formula is C29H28Cl2N4O6. The second-order valence-corrected chi connectivity index (χ2v) is 10.0. The molecule has 0 aliphatic carbocycles. The van der Waals surface area contributed by atoms with Gasteiger partial charge in [-0.3, -0.25) is 14.2 Å². The number of amides is 1. The summed E-state index contributed by atoms with van der Waals surface area (Å²) in [6.45, 7) is 3.88. The Balaban J connectivity index is 1.59. The Labute approximate surface area is 245 Å². The highest BCUT2D eigenvalue weighted by atomic mass is 35.5. The molecule has 1 aromatic heterocycles. The van der Waals surface area contributed by atoms with E-state index in [1.54, 1.807) is 55.6 Å². The van der Waals surface area contributed by atoms with Crippen LogP contribution in [-0.2, 0) is 18.3 Å². The van der Waals surface area contributed by atoms with E-state index in [0.717, 1.165) is 11.1 Å². The van der Waals surface area contributed by atoms with Gasteiger partial charge < -0.3 is 20.5 Å². The molecule has 1 atom stereocenters. The number of fused-ring (bicyclic) bond motifs is 1. The highest BCUT2D eigenvalue weighted by molar-refractivity contribution is 6.39. The van der Waals surface area contributed by atoms with E-state index in [0.29, 0.717) is 41.1 Å². The lowest BCUT2D eigenvalue weighted by atomic mass is 10.0. The molecule has 0 bridgehead atoms. The number of hydrogen-bond donors (Lipinski definition) is 3. The Morgan fingerprint density at radius 1 is 1.02 bits per heavy atom. The van der Waals surface area contributed by atoms with Crippen molar-refractivity contribution >= 4 is 46.0 Å². The first kappa shape index (κ1) is 29.9. The first-order valence-electron chi connectivity index (χ1n) is 12.8. The number of ether oxygens (including phenoxy) is 1. The Morgan fingerprint density at radius 3 is 2.34 bits per heavy atom. The van der Waals surface area contributed by atoms with Crippen LogP contribution in [0.3, 0.4) is 0 Å². The van der Waals surface area contributed by atoms with Crippen LogP contribution in [-0.4, -0.2) is 51.9 Å². The predicted octanol–water partition coefficient (Wildman–Crippen LogP) is 3.41. The fraction of sp³-hybridized carbons (Fsp3) is 0.241. The van der Waals surface area contributed by atoms with Crippen molar-refractivity contribution in [2.45, 2.75) is 19.4 Å². The number of carbonyl (C=O) groups excluding carboxylic acids is 1. The summed E-state index contributed by atoms with van der Waals surface area (Å²) < 4.78 is 8.16. The van der Waals surface area contributed by atoms with E-state index in [1.807, 2.05) is 6.92 Å². The maximum absolute atomic E-state index is 13.4. The summed E-state index contributed by atoms with van der Waals surface area (Å²) in [4.78, 5) is 51.2. The van der Waals surface area contributed by atoms with Gasteiger partial charge in [-0.1, -0.05) is 48.3 Å². The molecule has 0 saturated carbocycles. The Bertz CT molecular complexity index is 1700. The number of benzene rings is 3. The summed E-state index contributed by atoms with van der Waals surface area (Å²) in [5, 5.41) is 15.8. The molecule has 10 nitrogen and oxygen atoms in total. The molecule has 41 heavy (non-hydrogen) atoms. The standard InChI is InChI=1S/C29H28Cl2N4O6/c1-3-32-13-14-41-19-11-12-24-20(16-19)27(37)35(29(40)34(24)2)18-9-7-17(8-10-18)15-23(28(38)39)33-26(36)25-21(30)5-4-6-22(25)31/h4-12,16,23,32H,3,13-15H2,1-2H3,(H,33,36)(H,38,39)/t23-/m0/s1. The molecule has 3 aromatic carbocycles. The van der Waals surface area contributed by atoms with E-state index in [2.05, 4.69) is 10.6 Å². The minimum atomic E-state index is -1.29. The van der Waals surface area contributed by atoms with Gasteiger partial charge in [0.25, 0.3) is 11.5 Å². The molecule has 4 rings (SSSR count). The molecule has 1 heterocycles. The van der Waals surface area contributed by atoms with Crippen molar-refractivity contribution in [2.24, 2.45) is 7.05 Å². The van der Waals surface area contributed by atoms with E-state index >= 15 is 0 Å². The van der Waals surface area contributed by atoms with Crippen LogP contribution < -0.4 is 26.6 Å². The van der Waals surface area contributed by atoms with Crippen molar-refractivity contribution in [3.63, 3.8) is 0 Å². The number of aromatic nitrogens is 2. The van der Waals surface area contributed by atoms with Crippen LogP contribution in [0.1, 0.15) is 22.8 Å². The molecule has 4 aromatic rings. The number of carboxylic acids is 1. The zero-order valence-corrected chi connectivity index (χ0v) is 23.8. The quantitative estimate of drug-likeness (QED) is 0.225. The van der Waals surface area contributed by atoms with Crippen molar-refractivity contribution in [3.05, 3.63) is 103 Å². The molecule has 0 spiro atoms. The van der Waals surface area contributed by atoms with Gasteiger partial charge in [0.05, 0.1) is 32.2 Å². The summed E-state index contributed by atoms with van der Waals surface area (Å²) in [6.07, 6.45) is -0.0678. The number of aliphatic carboxylic acids is 1. The molecule has 0 radical (unpaired) electrons. The molecule has 0 unspecified atom stereocenters. The summed E-state index contributed by atoms with van der Waals surface area (Å²) >= 11 is 12.2. The predicted molar refractivity (Wildman–Crippen MR) is 158 cm³/mol. The molecule has 3 N–H and O–H groups in total. The fourth-order valence-electron chi connectivity index (χ4n) is 4.34. The lowest BCUT2D eigenvalue weighted by Gasteiger charge is -2.16. The van der Waals surface area contributed by atoms with Gasteiger partial charge in [-0.15, -0.1) is 0 Å². The number of halogens is 2. The zero-order chi connectivity index (χ0) is 29.7. The maximum Gasteiger partial charge on any atom is 0.335 e. The van der Waals surface area contributed by atoms with E-state index in [-0.39, 0.29) is 22.0 Å². The Hall–Kier alpha value is -4.12. The number of likely N-dealkylation sites (N-methyl/N-ethyl adjacent to an activating group) is 1. The van der Waals surface area contributed by atoms with Gasteiger partial charge in [0, 0.05) is 20.0 Å². The van der Waals surface area contributed by atoms with E-state index in [9.17, 15) is 24.3 Å². The van der Waals surface area contributed by atoms with Gasteiger partial charge in [0.2, 0.25) is 0 Å². The number of aryl methyl sites for hydroxylation is 1. The number of nitrogens with zero attached hydrogens (tertiary/aromatic N) is 2. The third kappa shape index (κ3) is 6.62. The van der Waals surface area contributed by atoms with Gasteiger partial charge in [-0.05, 0) is 54.6 Å². The summed E-state index contributed by atoms with van der Waals surface area (Å²) in [6, 6.07) is 14.5. The van der Waals surface area contributed by atoms with E-state index < -0.39 is 29.2 Å². The van der Waals surface area contributed by atoms with Gasteiger partial charge in [0.15, 0.2) is 0 Å². The van der Waals surface area contributed by atoms with Crippen LogP contribution in [0, 0.1) is 0 Å². The molecule has 214 valence electrons. The second kappa shape index (κ2) is 13.0. The van der Waals surface area contributed by atoms with Crippen LogP contribution in [0.25, 0.3) is 16.6 Å². The minimum absolute atomic E-state index is 0.0184. The van der Waals surface area contributed by atoms with Gasteiger partial charge in [-0.2, -0.15) is 0 Å². The molecule has 1 amide bonds. The largest absolute Gasteiger partial charge is 0.492 e. The smallest absolute Gasteiger partial charge is 0.335 e. The summed E-state index contributed by atoms with van der Waals surface area (Å²) in [7, 11) is 1.58. The van der Waals surface area contributed by atoms with Gasteiger partial charge >= 0.3 is 11.7 Å². The molecular weight excluding hydrogens is 571 g/mol. The SMILES string of the molecule is CCNCCOc1ccc2c(c1)c(=O)n(-c1ccc(C[C@H](NC(=O)c3c(Cl)cccc3Cl)C(=O)O)cc1)c(=O)n2C. The van der Waals surface area contributed by atoms with Gasteiger partial charge in [0.1, 0.15) is 18.4 Å². The average molecular weight is 599 g/mol. The van der Waals surface area contributed by atoms with Crippen LogP contribution in [0.2, 0.25) is 10.0 Å². The number of hydrogen-bond acceptors (Lipinski definition) is 6. The normalized spacial score (nSPS) is 11.8. The van der Waals surface area contributed by atoms with E-state index in [4.69, 9.17) is 27.9 Å². The number of rotatable bonds is 11. The van der Waals surface area contributed by atoms with Crippen LogP contribution in [0.4, 0.5) is 0 Å². The summed E-state index contributed by atoms with van der Waals surface area (Å²) in [5.41, 5.74) is 0.247. The molecule has 12 heteroatoms. The Morgan fingerprint density at radius 2 is 1.71 bits per heavy atom. The summed E-state index contributed by atoms with van der Waals surface area (Å²) in [5.74, 6) is -1.47. The van der Waals surface area contributed by atoms with Crippen molar-refractivity contribution in [3.8, 4) is 11.4 Å². The topological polar surface area (TPSA) is 132 Å². The van der Waals surface area contributed by atoms with Crippen molar-refractivity contribution in [2.75, 3.05) is 19.7 Å². The first-order chi connectivity index (χ1) is 19.6. The third-order valence-electron chi connectivity index (χ3n) is 6.47. The van der Waals surface area contributed by atoms with Crippen LogP contribution in [0.15, 0.2) is 70.3 Å². The fourth-order valence-corrected chi connectivity index (χ4v) is 4.91. The maximum atomic E-state index is 13.4. The minimum Gasteiger partial charge on any atom is -0.492 e. The average Bonchev–Trinajstić information content (AvgIpc) is 2.94. The molecule has 0 saturated heterocycles.